The SMILES string of the molecule is CC1(C)CC1CNC1CCSC1. The molecule has 0 aromatic heterocycles. The summed E-state index contributed by atoms with van der Waals surface area (Å²) >= 11 is 2.09. The Morgan fingerprint density at radius 1 is 1.50 bits per heavy atom. The van der Waals surface area contributed by atoms with E-state index in [1.54, 1.807) is 0 Å². The Balaban J connectivity index is 1.63. The van der Waals surface area contributed by atoms with Crippen molar-refractivity contribution in [1.82, 2.24) is 5.32 Å². The molecule has 0 spiro atoms. The van der Waals surface area contributed by atoms with Gasteiger partial charge in [0.05, 0.1) is 0 Å². The molecule has 1 aliphatic heterocycles. The zero-order chi connectivity index (χ0) is 8.60. The van der Waals surface area contributed by atoms with Gasteiger partial charge in [0.1, 0.15) is 0 Å². The summed E-state index contributed by atoms with van der Waals surface area (Å²) in [4.78, 5) is 0. The minimum absolute atomic E-state index is 0.652. The molecule has 0 aromatic carbocycles. The summed E-state index contributed by atoms with van der Waals surface area (Å²) in [5, 5.41) is 3.68. The third kappa shape index (κ3) is 1.97. The first kappa shape index (κ1) is 8.89. The normalized spacial score (nSPS) is 38.5. The van der Waals surface area contributed by atoms with Crippen molar-refractivity contribution in [2.45, 2.75) is 32.7 Å². The first-order chi connectivity index (χ1) is 5.68. The Kier molecular flexibility index (Phi) is 2.39. The van der Waals surface area contributed by atoms with E-state index in [0.29, 0.717) is 5.41 Å². The molecule has 2 aliphatic rings. The van der Waals surface area contributed by atoms with E-state index in [9.17, 15) is 0 Å². The second-order valence-corrected chi connectivity index (χ2v) is 6.01. The number of nitrogens with one attached hydrogen (secondary N) is 1. The van der Waals surface area contributed by atoms with Gasteiger partial charge in [-0.15, -0.1) is 0 Å². The fourth-order valence-electron chi connectivity index (χ4n) is 1.93. The smallest absolute Gasteiger partial charge is 0.0166 e. The standard InChI is InChI=1S/C10H19NS/c1-10(2)5-8(10)6-11-9-3-4-12-7-9/h8-9,11H,3-7H2,1-2H3. The summed E-state index contributed by atoms with van der Waals surface area (Å²) in [6, 6.07) is 0.825. The number of rotatable bonds is 3. The molecular weight excluding hydrogens is 166 g/mol. The molecule has 1 aliphatic carbocycles. The van der Waals surface area contributed by atoms with E-state index in [1.807, 2.05) is 0 Å². The molecular formula is C10H19NS. The highest BCUT2D eigenvalue weighted by Gasteiger charge is 2.45. The van der Waals surface area contributed by atoms with Gasteiger partial charge in [-0.2, -0.15) is 11.8 Å². The summed E-state index contributed by atoms with van der Waals surface area (Å²) in [6.45, 7) is 6.02. The minimum atomic E-state index is 0.652. The van der Waals surface area contributed by atoms with E-state index in [-0.39, 0.29) is 0 Å². The van der Waals surface area contributed by atoms with E-state index >= 15 is 0 Å². The van der Waals surface area contributed by atoms with Gasteiger partial charge >= 0.3 is 0 Å². The molecule has 2 heteroatoms. The van der Waals surface area contributed by atoms with Gasteiger partial charge in [0.2, 0.25) is 0 Å². The van der Waals surface area contributed by atoms with E-state index in [0.717, 1.165) is 12.0 Å². The van der Waals surface area contributed by atoms with Crippen molar-refractivity contribution in [3.63, 3.8) is 0 Å². The molecule has 0 bridgehead atoms. The van der Waals surface area contributed by atoms with Crippen LogP contribution < -0.4 is 5.32 Å². The first-order valence-corrected chi connectivity index (χ1v) is 6.15. The molecule has 1 nitrogen and oxygen atoms in total. The van der Waals surface area contributed by atoms with Gasteiger partial charge in [-0.25, -0.2) is 0 Å². The van der Waals surface area contributed by atoms with Gasteiger partial charge in [-0.3, -0.25) is 0 Å². The molecule has 1 N–H and O–H groups in total. The highest BCUT2D eigenvalue weighted by atomic mass is 32.2. The maximum Gasteiger partial charge on any atom is 0.0166 e. The third-order valence-corrected chi connectivity index (χ3v) is 4.46. The fraction of sp³-hybridized carbons (Fsp3) is 1.00. The molecule has 2 atom stereocenters. The summed E-state index contributed by atoms with van der Waals surface area (Å²) in [5.74, 6) is 3.67. The van der Waals surface area contributed by atoms with Crippen molar-refractivity contribution in [3.8, 4) is 0 Å². The van der Waals surface area contributed by atoms with E-state index in [2.05, 4.69) is 30.9 Å². The van der Waals surface area contributed by atoms with Crippen molar-refractivity contribution in [1.29, 1.82) is 0 Å². The maximum atomic E-state index is 3.68. The number of hydrogen-bond acceptors (Lipinski definition) is 2. The van der Waals surface area contributed by atoms with Gasteiger partial charge in [-0.1, -0.05) is 13.8 Å². The van der Waals surface area contributed by atoms with Crippen molar-refractivity contribution < 1.29 is 0 Å². The molecule has 1 saturated carbocycles. The maximum absolute atomic E-state index is 3.68. The Morgan fingerprint density at radius 2 is 2.25 bits per heavy atom. The Hall–Kier alpha value is 0.310. The molecule has 0 aromatic rings. The summed E-state index contributed by atoms with van der Waals surface area (Å²) in [5.41, 5.74) is 0.652. The molecule has 0 radical (unpaired) electrons. The highest BCUT2D eigenvalue weighted by Crippen LogP contribution is 2.51. The van der Waals surface area contributed by atoms with Crippen molar-refractivity contribution in [2.75, 3.05) is 18.1 Å². The van der Waals surface area contributed by atoms with Crippen LogP contribution in [0.25, 0.3) is 0 Å². The number of thioether (sulfide) groups is 1. The average Bonchev–Trinajstić information content (AvgIpc) is 2.54. The molecule has 2 unspecified atom stereocenters. The Labute approximate surface area is 79.7 Å². The molecule has 2 rings (SSSR count). The van der Waals surface area contributed by atoms with Crippen LogP contribution >= 0.6 is 11.8 Å². The van der Waals surface area contributed by atoms with Crippen LogP contribution in [-0.2, 0) is 0 Å². The largest absolute Gasteiger partial charge is 0.313 e. The minimum Gasteiger partial charge on any atom is -0.313 e. The lowest BCUT2D eigenvalue weighted by Gasteiger charge is -2.11. The van der Waals surface area contributed by atoms with Crippen LogP contribution in [0.2, 0.25) is 0 Å². The zero-order valence-electron chi connectivity index (χ0n) is 8.10. The number of hydrogen-bond donors (Lipinski definition) is 1. The van der Waals surface area contributed by atoms with Gasteiger partial charge in [0.15, 0.2) is 0 Å². The lowest BCUT2D eigenvalue weighted by molar-refractivity contribution is 0.480. The van der Waals surface area contributed by atoms with Crippen LogP contribution in [-0.4, -0.2) is 24.1 Å². The predicted octanol–water partition coefficient (Wildman–Crippen LogP) is 2.13. The third-order valence-electron chi connectivity index (χ3n) is 3.30. The van der Waals surface area contributed by atoms with Gasteiger partial charge in [0, 0.05) is 11.8 Å². The predicted molar refractivity (Wildman–Crippen MR) is 55.6 cm³/mol. The van der Waals surface area contributed by atoms with Crippen LogP contribution in [0.5, 0.6) is 0 Å². The van der Waals surface area contributed by atoms with Crippen LogP contribution in [0.4, 0.5) is 0 Å². The van der Waals surface area contributed by atoms with E-state index in [1.165, 1.54) is 30.9 Å². The lowest BCUT2D eigenvalue weighted by atomic mass is 10.1. The average molecular weight is 185 g/mol. The van der Waals surface area contributed by atoms with Crippen molar-refractivity contribution in [3.05, 3.63) is 0 Å². The van der Waals surface area contributed by atoms with Gasteiger partial charge in [0.25, 0.3) is 0 Å². The fourth-order valence-corrected chi connectivity index (χ4v) is 3.12. The van der Waals surface area contributed by atoms with E-state index in [4.69, 9.17) is 0 Å². The molecule has 2 fully saturated rings. The second-order valence-electron chi connectivity index (χ2n) is 4.86. The van der Waals surface area contributed by atoms with Gasteiger partial charge in [-0.05, 0) is 36.5 Å². The first-order valence-electron chi connectivity index (χ1n) is 4.99. The summed E-state index contributed by atoms with van der Waals surface area (Å²) in [7, 11) is 0. The van der Waals surface area contributed by atoms with Crippen LogP contribution in [0.15, 0.2) is 0 Å². The monoisotopic (exact) mass is 185 g/mol. The van der Waals surface area contributed by atoms with Crippen LogP contribution in [0.1, 0.15) is 26.7 Å². The second kappa shape index (κ2) is 3.22. The molecule has 1 heterocycles. The van der Waals surface area contributed by atoms with Gasteiger partial charge < -0.3 is 5.32 Å². The van der Waals surface area contributed by atoms with Crippen molar-refractivity contribution in [2.24, 2.45) is 11.3 Å². The van der Waals surface area contributed by atoms with E-state index < -0.39 is 0 Å². The van der Waals surface area contributed by atoms with Crippen molar-refractivity contribution >= 4 is 11.8 Å². The molecule has 12 heavy (non-hydrogen) atoms. The summed E-state index contributed by atoms with van der Waals surface area (Å²) in [6.07, 6.45) is 2.82. The topological polar surface area (TPSA) is 12.0 Å². The highest BCUT2D eigenvalue weighted by molar-refractivity contribution is 7.99. The van der Waals surface area contributed by atoms with Crippen LogP contribution in [0, 0.1) is 11.3 Å². The quantitative estimate of drug-likeness (QED) is 0.723. The summed E-state index contributed by atoms with van der Waals surface area (Å²) < 4.78 is 0. The molecule has 0 amide bonds. The molecule has 1 saturated heterocycles. The Morgan fingerprint density at radius 3 is 2.75 bits per heavy atom. The zero-order valence-corrected chi connectivity index (χ0v) is 8.91. The Bertz CT molecular complexity index is 156. The molecule has 70 valence electrons. The van der Waals surface area contributed by atoms with Crippen LogP contribution in [0.3, 0.4) is 0 Å². The lowest BCUT2D eigenvalue weighted by Crippen LogP contribution is -2.31.